The summed E-state index contributed by atoms with van der Waals surface area (Å²) in [5.41, 5.74) is 4.76. The normalized spacial score (nSPS) is 17.8. The first-order valence-corrected chi connectivity index (χ1v) is 5.69. The van der Waals surface area contributed by atoms with Crippen molar-refractivity contribution in [2.75, 3.05) is 19.6 Å². The third-order valence-corrected chi connectivity index (χ3v) is 2.21. The molecule has 96 valence electrons. The molecule has 1 rings (SSSR count). The summed E-state index contributed by atoms with van der Waals surface area (Å²) < 4.78 is 5.21. The lowest BCUT2D eigenvalue weighted by atomic mass is 10.0. The summed E-state index contributed by atoms with van der Waals surface area (Å²) in [7, 11) is 0. The van der Waals surface area contributed by atoms with Crippen molar-refractivity contribution in [3.8, 4) is 11.8 Å². The predicted molar refractivity (Wildman–Crippen MR) is 64.1 cm³/mol. The predicted octanol–water partition coefficient (Wildman–Crippen LogP) is 0.176. The fourth-order valence-corrected chi connectivity index (χ4v) is 1.32. The summed E-state index contributed by atoms with van der Waals surface area (Å²) in [4.78, 5) is 13.2. The van der Waals surface area contributed by atoms with Crippen LogP contribution in [-0.4, -0.2) is 47.4 Å². The van der Waals surface area contributed by atoms with Gasteiger partial charge in [0.1, 0.15) is 11.7 Å². The number of hydrogen-bond donors (Lipinski definition) is 2. The van der Waals surface area contributed by atoms with Crippen LogP contribution in [0.2, 0.25) is 0 Å². The summed E-state index contributed by atoms with van der Waals surface area (Å²) in [6.07, 6.45) is -1.08. The standard InChI is InChI=1S/C12H20N2O3/c1-12(2,3)17-11(16)14-7-9(8-14)4-5-10(15)6-13/h9-10,15H,6-8,13H2,1-3H3. The molecule has 5 heteroatoms. The zero-order valence-corrected chi connectivity index (χ0v) is 10.6. The molecule has 0 spiro atoms. The largest absolute Gasteiger partial charge is 0.444 e. The van der Waals surface area contributed by atoms with Crippen molar-refractivity contribution in [3.63, 3.8) is 0 Å². The van der Waals surface area contributed by atoms with Crippen LogP contribution in [0.1, 0.15) is 20.8 Å². The Labute approximate surface area is 102 Å². The lowest BCUT2D eigenvalue weighted by Gasteiger charge is -2.37. The van der Waals surface area contributed by atoms with Crippen molar-refractivity contribution < 1.29 is 14.6 Å². The minimum atomic E-state index is -0.773. The Morgan fingerprint density at radius 1 is 1.59 bits per heavy atom. The molecule has 1 unspecified atom stereocenters. The number of hydrogen-bond acceptors (Lipinski definition) is 4. The molecule has 0 radical (unpaired) electrons. The molecule has 1 saturated heterocycles. The van der Waals surface area contributed by atoms with Crippen LogP contribution in [0.4, 0.5) is 4.79 Å². The highest BCUT2D eigenvalue weighted by Crippen LogP contribution is 2.18. The lowest BCUT2D eigenvalue weighted by Crippen LogP contribution is -2.51. The number of aliphatic hydroxyl groups excluding tert-OH is 1. The highest BCUT2D eigenvalue weighted by molar-refractivity contribution is 5.69. The van der Waals surface area contributed by atoms with Crippen molar-refractivity contribution in [1.29, 1.82) is 0 Å². The van der Waals surface area contributed by atoms with E-state index in [-0.39, 0.29) is 18.6 Å². The summed E-state index contributed by atoms with van der Waals surface area (Å²) in [5, 5.41) is 9.15. The Balaban J connectivity index is 2.31. The van der Waals surface area contributed by atoms with Gasteiger partial charge in [-0.3, -0.25) is 0 Å². The number of nitrogens with zero attached hydrogens (tertiary/aromatic N) is 1. The number of likely N-dealkylation sites (tertiary alicyclic amines) is 1. The Bertz CT molecular complexity index is 332. The van der Waals surface area contributed by atoms with Crippen molar-refractivity contribution >= 4 is 6.09 Å². The average molecular weight is 240 g/mol. The number of carbonyl (C=O) groups is 1. The van der Waals surface area contributed by atoms with Crippen LogP contribution >= 0.6 is 0 Å². The van der Waals surface area contributed by atoms with Gasteiger partial charge in [0.15, 0.2) is 0 Å². The van der Waals surface area contributed by atoms with Gasteiger partial charge in [0.2, 0.25) is 0 Å². The van der Waals surface area contributed by atoms with Crippen LogP contribution in [0.15, 0.2) is 0 Å². The summed E-state index contributed by atoms with van der Waals surface area (Å²) in [6, 6.07) is 0. The highest BCUT2D eigenvalue weighted by Gasteiger charge is 2.32. The molecule has 1 aliphatic rings. The second-order valence-corrected chi connectivity index (χ2v) is 5.12. The molecular formula is C12H20N2O3. The Morgan fingerprint density at radius 2 is 2.18 bits per heavy atom. The summed E-state index contributed by atoms with van der Waals surface area (Å²) >= 11 is 0. The van der Waals surface area contributed by atoms with Gasteiger partial charge in [0, 0.05) is 19.6 Å². The first-order valence-electron chi connectivity index (χ1n) is 5.69. The van der Waals surface area contributed by atoms with E-state index in [1.54, 1.807) is 4.90 Å². The number of amides is 1. The van der Waals surface area contributed by atoms with E-state index in [0.717, 1.165) is 0 Å². The van der Waals surface area contributed by atoms with E-state index >= 15 is 0 Å². The lowest BCUT2D eigenvalue weighted by molar-refractivity contribution is 0.00589. The summed E-state index contributed by atoms with van der Waals surface area (Å²) in [6.45, 7) is 6.74. The fraction of sp³-hybridized carbons (Fsp3) is 0.750. The third-order valence-electron chi connectivity index (χ3n) is 2.21. The molecular weight excluding hydrogens is 220 g/mol. The van der Waals surface area contributed by atoms with Gasteiger partial charge < -0.3 is 20.5 Å². The van der Waals surface area contributed by atoms with E-state index < -0.39 is 11.7 Å². The SMILES string of the molecule is CC(C)(C)OC(=O)N1CC(C#CC(O)CN)C1. The van der Waals surface area contributed by atoms with E-state index in [4.69, 9.17) is 15.6 Å². The second-order valence-electron chi connectivity index (χ2n) is 5.12. The third kappa shape index (κ3) is 4.63. The van der Waals surface area contributed by atoms with Gasteiger partial charge in [-0.15, -0.1) is 0 Å². The van der Waals surface area contributed by atoms with E-state index in [0.29, 0.717) is 13.1 Å². The molecule has 1 amide bonds. The Kier molecular flexibility index (Phi) is 4.38. The molecule has 1 atom stereocenters. The van der Waals surface area contributed by atoms with Gasteiger partial charge in [-0.05, 0) is 20.8 Å². The molecule has 1 fully saturated rings. The molecule has 0 aromatic rings. The van der Waals surface area contributed by atoms with Crippen LogP contribution < -0.4 is 5.73 Å². The van der Waals surface area contributed by atoms with Crippen molar-refractivity contribution in [3.05, 3.63) is 0 Å². The summed E-state index contributed by atoms with van der Waals surface area (Å²) in [5.74, 6) is 5.65. The molecule has 0 aromatic heterocycles. The molecule has 0 bridgehead atoms. The van der Waals surface area contributed by atoms with E-state index in [9.17, 15) is 4.79 Å². The van der Waals surface area contributed by atoms with Gasteiger partial charge in [-0.1, -0.05) is 11.8 Å². The quantitative estimate of drug-likeness (QED) is 0.641. The van der Waals surface area contributed by atoms with Gasteiger partial charge >= 0.3 is 6.09 Å². The van der Waals surface area contributed by atoms with Crippen LogP contribution in [0.5, 0.6) is 0 Å². The molecule has 0 aliphatic carbocycles. The smallest absolute Gasteiger partial charge is 0.410 e. The molecule has 1 heterocycles. The van der Waals surface area contributed by atoms with Gasteiger partial charge in [0.05, 0.1) is 5.92 Å². The molecule has 5 nitrogen and oxygen atoms in total. The minimum Gasteiger partial charge on any atom is -0.444 e. The number of carbonyl (C=O) groups excluding carboxylic acids is 1. The van der Waals surface area contributed by atoms with E-state index in [1.165, 1.54) is 0 Å². The average Bonchev–Trinajstić information content (AvgIpc) is 2.11. The first-order chi connectivity index (χ1) is 7.81. The highest BCUT2D eigenvalue weighted by atomic mass is 16.6. The van der Waals surface area contributed by atoms with Crippen molar-refractivity contribution in [2.24, 2.45) is 11.7 Å². The van der Waals surface area contributed by atoms with Crippen LogP contribution in [0.3, 0.4) is 0 Å². The van der Waals surface area contributed by atoms with Crippen molar-refractivity contribution in [2.45, 2.75) is 32.5 Å². The second kappa shape index (κ2) is 5.39. The number of rotatable bonds is 1. The maximum Gasteiger partial charge on any atom is 0.410 e. The van der Waals surface area contributed by atoms with Crippen molar-refractivity contribution in [1.82, 2.24) is 4.90 Å². The zero-order valence-electron chi connectivity index (χ0n) is 10.6. The molecule has 0 aromatic carbocycles. The molecule has 17 heavy (non-hydrogen) atoms. The van der Waals surface area contributed by atoms with Gasteiger partial charge in [-0.2, -0.15) is 0 Å². The number of ether oxygens (including phenoxy) is 1. The van der Waals surface area contributed by atoms with Gasteiger partial charge in [0.25, 0.3) is 0 Å². The monoisotopic (exact) mass is 240 g/mol. The zero-order chi connectivity index (χ0) is 13.1. The topological polar surface area (TPSA) is 75.8 Å². The van der Waals surface area contributed by atoms with Gasteiger partial charge in [-0.25, -0.2) is 4.79 Å². The molecule has 1 aliphatic heterocycles. The first kappa shape index (κ1) is 13.8. The molecule has 3 N–H and O–H groups in total. The van der Waals surface area contributed by atoms with Crippen LogP contribution in [0, 0.1) is 17.8 Å². The number of nitrogens with two attached hydrogens (primary N) is 1. The number of aliphatic hydroxyl groups is 1. The maximum atomic E-state index is 11.6. The Morgan fingerprint density at radius 3 is 2.65 bits per heavy atom. The fourth-order valence-electron chi connectivity index (χ4n) is 1.32. The van der Waals surface area contributed by atoms with E-state index in [2.05, 4.69) is 11.8 Å². The van der Waals surface area contributed by atoms with Crippen LogP contribution in [0.25, 0.3) is 0 Å². The van der Waals surface area contributed by atoms with E-state index in [1.807, 2.05) is 20.8 Å². The maximum absolute atomic E-state index is 11.6. The molecule has 0 saturated carbocycles. The Hall–Kier alpha value is -1.25. The minimum absolute atomic E-state index is 0.115. The van der Waals surface area contributed by atoms with Crippen LogP contribution in [-0.2, 0) is 4.74 Å².